The summed E-state index contributed by atoms with van der Waals surface area (Å²) in [6.07, 6.45) is 5.13. The number of aldehydes is 1. The maximum absolute atomic E-state index is 12.9. The van der Waals surface area contributed by atoms with Gasteiger partial charge in [-0.15, -0.1) is 11.3 Å². The Kier molecular flexibility index (Phi) is 4.26. The minimum atomic E-state index is 0.214. The van der Waals surface area contributed by atoms with Crippen LogP contribution >= 0.6 is 11.3 Å². The number of hydrogen-bond donors (Lipinski definition) is 0. The summed E-state index contributed by atoms with van der Waals surface area (Å²) in [7, 11) is 0. The van der Waals surface area contributed by atoms with Crippen molar-refractivity contribution < 1.29 is 4.79 Å². The van der Waals surface area contributed by atoms with E-state index in [2.05, 4.69) is 13.0 Å². The Morgan fingerprint density at radius 3 is 2.80 bits per heavy atom. The van der Waals surface area contributed by atoms with Crippen molar-refractivity contribution in [2.24, 2.45) is 5.92 Å². The first-order chi connectivity index (χ1) is 12.2. The zero-order valence-electron chi connectivity index (χ0n) is 14.2. The normalized spacial score (nSPS) is 16.6. The van der Waals surface area contributed by atoms with E-state index in [1.54, 1.807) is 17.4 Å². The lowest BCUT2D eigenvalue weighted by atomic mass is 9.86. The molecule has 0 amide bonds. The zero-order chi connectivity index (χ0) is 17.4. The first-order valence-electron chi connectivity index (χ1n) is 8.84. The fourth-order valence-electron chi connectivity index (χ4n) is 3.73. The number of benzene rings is 2. The van der Waals surface area contributed by atoms with Crippen LogP contribution in [0.1, 0.15) is 40.6 Å². The second-order valence-electron chi connectivity index (χ2n) is 6.80. The molecule has 0 radical (unpaired) electrons. The summed E-state index contributed by atoms with van der Waals surface area (Å²) in [5.41, 5.74) is 3.98. The van der Waals surface area contributed by atoms with Crippen LogP contribution in [0.2, 0.25) is 0 Å². The molecule has 1 heterocycles. The van der Waals surface area contributed by atoms with Crippen molar-refractivity contribution in [3.63, 3.8) is 0 Å². The average molecular weight is 348 g/mol. The molecule has 3 heteroatoms. The second-order valence-corrected chi connectivity index (χ2v) is 7.94. The molecule has 1 atom stereocenters. The van der Waals surface area contributed by atoms with Crippen LogP contribution < -0.4 is 5.43 Å². The van der Waals surface area contributed by atoms with Crippen molar-refractivity contribution >= 4 is 27.7 Å². The predicted octanol–water partition coefficient (Wildman–Crippen LogP) is 5.26. The minimum absolute atomic E-state index is 0.214. The van der Waals surface area contributed by atoms with Gasteiger partial charge in [-0.2, -0.15) is 0 Å². The molecule has 2 nitrogen and oxygen atoms in total. The summed E-state index contributed by atoms with van der Waals surface area (Å²) < 4.78 is 1.05. The Hall–Kier alpha value is -2.26. The van der Waals surface area contributed by atoms with Crippen molar-refractivity contribution in [1.82, 2.24) is 0 Å². The molecule has 0 bridgehead atoms. The molecule has 0 aliphatic heterocycles. The molecular formula is C22H20O2S. The third-order valence-corrected chi connectivity index (χ3v) is 6.50. The van der Waals surface area contributed by atoms with E-state index in [1.807, 2.05) is 30.3 Å². The highest BCUT2D eigenvalue weighted by Gasteiger charge is 2.21. The van der Waals surface area contributed by atoms with Crippen LogP contribution in [0.4, 0.5) is 0 Å². The minimum Gasteiger partial charge on any atom is -0.298 e. The Bertz CT molecular complexity index is 1020. The maximum atomic E-state index is 12.9. The van der Waals surface area contributed by atoms with Gasteiger partial charge < -0.3 is 0 Å². The van der Waals surface area contributed by atoms with Gasteiger partial charge in [-0.3, -0.25) is 9.59 Å². The molecule has 0 N–H and O–H groups in total. The lowest BCUT2D eigenvalue weighted by molar-refractivity contribution is 0.112. The molecule has 0 fully saturated rings. The Morgan fingerprint density at radius 1 is 1.16 bits per heavy atom. The molecule has 2 aromatic carbocycles. The standard InChI is InChI=1S/C22H20O2S/c1-2-14-6-8-18-20(11-14)25-21-12-17(7-9-19(21)22(18)24)16-5-3-4-15(10-16)13-23/h3-5,7,9-10,12-14H,2,6,8,11H2,1H3. The molecular weight excluding hydrogens is 328 g/mol. The molecule has 1 aliphatic carbocycles. The molecule has 0 spiro atoms. The van der Waals surface area contributed by atoms with Gasteiger partial charge in [0, 0.05) is 26.1 Å². The van der Waals surface area contributed by atoms with Gasteiger partial charge in [0.05, 0.1) is 0 Å². The van der Waals surface area contributed by atoms with Gasteiger partial charge in [-0.05, 0) is 54.5 Å². The van der Waals surface area contributed by atoms with E-state index in [9.17, 15) is 9.59 Å². The SMILES string of the molecule is CCC1CCc2c(sc3cc(-c4cccc(C=O)c4)ccc3c2=O)C1. The lowest BCUT2D eigenvalue weighted by Crippen LogP contribution is -2.20. The van der Waals surface area contributed by atoms with E-state index in [1.165, 1.54) is 11.3 Å². The van der Waals surface area contributed by atoms with Gasteiger partial charge in [0.2, 0.25) is 0 Å². The van der Waals surface area contributed by atoms with Crippen molar-refractivity contribution in [1.29, 1.82) is 0 Å². The molecule has 0 saturated heterocycles. The first-order valence-corrected chi connectivity index (χ1v) is 9.65. The third kappa shape index (κ3) is 2.93. The fraction of sp³-hybridized carbons (Fsp3) is 0.273. The van der Waals surface area contributed by atoms with Crippen molar-refractivity contribution in [3.05, 3.63) is 68.7 Å². The van der Waals surface area contributed by atoms with E-state index in [-0.39, 0.29) is 5.43 Å². The summed E-state index contributed by atoms with van der Waals surface area (Å²) >= 11 is 1.77. The highest BCUT2D eigenvalue weighted by molar-refractivity contribution is 7.18. The maximum Gasteiger partial charge on any atom is 0.191 e. The second kappa shape index (κ2) is 6.57. The van der Waals surface area contributed by atoms with Crippen LogP contribution in [-0.2, 0) is 12.8 Å². The highest BCUT2D eigenvalue weighted by Crippen LogP contribution is 2.33. The number of rotatable bonds is 3. The van der Waals surface area contributed by atoms with Crippen molar-refractivity contribution in [2.45, 2.75) is 32.6 Å². The Labute approximate surface area is 151 Å². The van der Waals surface area contributed by atoms with Gasteiger partial charge in [0.25, 0.3) is 0 Å². The largest absolute Gasteiger partial charge is 0.298 e. The molecule has 3 aromatic rings. The van der Waals surface area contributed by atoms with Crippen LogP contribution in [-0.4, -0.2) is 6.29 Å². The topological polar surface area (TPSA) is 34.1 Å². The number of carbonyl (C=O) groups excluding carboxylic acids is 1. The van der Waals surface area contributed by atoms with E-state index in [4.69, 9.17) is 0 Å². The van der Waals surface area contributed by atoms with Crippen molar-refractivity contribution in [2.75, 3.05) is 0 Å². The van der Waals surface area contributed by atoms with Crippen LogP contribution in [0, 0.1) is 5.92 Å². The lowest BCUT2D eigenvalue weighted by Gasteiger charge is -2.22. The average Bonchev–Trinajstić information content (AvgIpc) is 2.67. The third-order valence-electron chi connectivity index (χ3n) is 5.28. The smallest absolute Gasteiger partial charge is 0.191 e. The summed E-state index contributed by atoms with van der Waals surface area (Å²) in [6, 6.07) is 13.6. The number of fused-ring (bicyclic) bond motifs is 2. The molecule has 1 aliphatic rings. The summed E-state index contributed by atoms with van der Waals surface area (Å²) in [5.74, 6) is 0.702. The number of hydrogen-bond acceptors (Lipinski definition) is 3. The van der Waals surface area contributed by atoms with Crippen LogP contribution in [0.15, 0.2) is 47.3 Å². The van der Waals surface area contributed by atoms with E-state index in [0.29, 0.717) is 11.5 Å². The predicted molar refractivity (Wildman–Crippen MR) is 105 cm³/mol. The first kappa shape index (κ1) is 16.2. The summed E-state index contributed by atoms with van der Waals surface area (Å²) in [5, 5.41) is 0.828. The molecule has 0 saturated carbocycles. The van der Waals surface area contributed by atoms with E-state index >= 15 is 0 Å². The van der Waals surface area contributed by atoms with Gasteiger partial charge in [0.1, 0.15) is 6.29 Å². The van der Waals surface area contributed by atoms with Crippen LogP contribution in [0.5, 0.6) is 0 Å². The monoisotopic (exact) mass is 348 g/mol. The highest BCUT2D eigenvalue weighted by atomic mass is 32.1. The molecule has 4 rings (SSSR count). The molecule has 1 unspecified atom stereocenters. The van der Waals surface area contributed by atoms with Gasteiger partial charge in [0.15, 0.2) is 5.43 Å². The number of carbonyl (C=O) groups is 1. The van der Waals surface area contributed by atoms with Crippen LogP contribution in [0.25, 0.3) is 21.2 Å². The Morgan fingerprint density at radius 2 is 2.00 bits per heavy atom. The van der Waals surface area contributed by atoms with E-state index in [0.717, 1.165) is 52.3 Å². The summed E-state index contributed by atoms with van der Waals surface area (Å²) in [6.45, 7) is 2.23. The van der Waals surface area contributed by atoms with Gasteiger partial charge >= 0.3 is 0 Å². The summed E-state index contributed by atoms with van der Waals surface area (Å²) in [4.78, 5) is 25.2. The molecule has 1 aromatic heterocycles. The zero-order valence-corrected chi connectivity index (χ0v) is 15.1. The van der Waals surface area contributed by atoms with Gasteiger partial charge in [-0.1, -0.05) is 37.6 Å². The van der Waals surface area contributed by atoms with Gasteiger partial charge in [-0.25, -0.2) is 0 Å². The fourth-order valence-corrected chi connectivity index (χ4v) is 5.09. The van der Waals surface area contributed by atoms with Crippen molar-refractivity contribution in [3.8, 4) is 11.1 Å². The molecule has 25 heavy (non-hydrogen) atoms. The quantitative estimate of drug-likeness (QED) is 0.605. The molecule has 126 valence electrons. The van der Waals surface area contributed by atoms with E-state index < -0.39 is 0 Å². The van der Waals surface area contributed by atoms with Crippen LogP contribution in [0.3, 0.4) is 0 Å². The Balaban J connectivity index is 1.85.